The Morgan fingerprint density at radius 1 is 1.25 bits per heavy atom. The van der Waals surface area contributed by atoms with Crippen LogP contribution in [0.1, 0.15) is 27.7 Å². The molecule has 0 spiro atoms. The molecule has 0 fully saturated rings. The zero-order valence-electron chi connectivity index (χ0n) is 12.3. The van der Waals surface area contributed by atoms with Gasteiger partial charge in [0.15, 0.2) is 5.13 Å². The number of hydrogen-bond acceptors (Lipinski definition) is 3. The number of amides is 1. The molecule has 1 atom stereocenters. The SMILES string of the molecule is CC.CC(C)C(=O)Nc1nc(-c2ccc(P)cc2)cs1. The summed E-state index contributed by atoms with van der Waals surface area (Å²) in [6.07, 6.45) is 0. The Hall–Kier alpha value is -1.25. The monoisotopic (exact) mass is 308 g/mol. The molecule has 0 saturated carbocycles. The van der Waals surface area contributed by atoms with Gasteiger partial charge in [-0.3, -0.25) is 4.79 Å². The van der Waals surface area contributed by atoms with Crippen molar-refractivity contribution in [1.29, 1.82) is 0 Å². The number of aromatic nitrogens is 1. The van der Waals surface area contributed by atoms with Gasteiger partial charge in [0.25, 0.3) is 0 Å². The average molecular weight is 308 g/mol. The minimum absolute atomic E-state index is 0.00351. The molecule has 1 heterocycles. The summed E-state index contributed by atoms with van der Waals surface area (Å²) < 4.78 is 0. The summed E-state index contributed by atoms with van der Waals surface area (Å²) in [5.74, 6) is -0.0371. The largest absolute Gasteiger partial charge is 0.302 e. The molecule has 2 aromatic rings. The second-order valence-corrected chi connectivity index (χ2v) is 5.83. The van der Waals surface area contributed by atoms with E-state index in [2.05, 4.69) is 19.5 Å². The first-order valence-electron chi connectivity index (χ1n) is 6.68. The van der Waals surface area contributed by atoms with Crippen molar-refractivity contribution in [3.8, 4) is 11.3 Å². The fourth-order valence-corrected chi connectivity index (χ4v) is 2.28. The van der Waals surface area contributed by atoms with Gasteiger partial charge in [0.2, 0.25) is 5.91 Å². The van der Waals surface area contributed by atoms with Crippen molar-refractivity contribution in [2.75, 3.05) is 5.32 Å². The van der Waals surface area contributed by atoms with Crippen molar-refractivity contribution in [2.45, 2.75) is 27.7 Å². The van der Waals surface area contributed by atoms with E-state index >= 15 is 0 Å². The van der Waals surface area contributed by atoms with Gasteiger partial charge >= 0.3 is 0 Å². The van der Waals surface area contributed by atoms with Crippen molar-refractivity contribution in [3.63, 3.8) is 0 Å². The number of carbonyl (C=O) groups excluding carboxylic acids is 1. The first-order valence-corrected chi connectivity index (χ1v) is 8.14. The lowest BCUT2D eigenvalue weighted by Gasteiger charge is -2.03. The van der Waals surface area contributed by atoms with Gasteiger partial charge in [-0.15, -0.1) is 20.6 Å². The fraction of sp³-hybridized carbons (Fsp3) is 0.333. The highest BCUT2D eigenvalue weighted by atomic mass is 32.1. The normalized spacial score (nSPS) is 9.90. The predicted octanol–water partition coefficient (Wildman–Crippen LogP) is 3.93. The van der Waals surface area contributed by atoms with Crippen molar-refractivity contribution >= 4 is 36.9 Å². The first kappa shape index (κ1) is 16.8. The maximum Gasteiger partial charge on any atom is 0.228 e. The van der Waals surface area contributed by atoms with Gasteiger partial charge in [-0.2, -0.15) is 0 Å². The number of rotatable bonds is 3. The quantitative estimate of drug-likeness (QED) is 0.873. The number of thiazole rings is 1. The fourth-order valence-electron chi connectivity index (χ4n) is 1.37. The third-order valence-corrected chi connectivity index (χ3v) is 3.61. The van der Waals surface area contributed by atoms with E-state index in [4.69, 9.17) is 0 Å². The van der Waals surface area contributed by atoms with Gasteiger partial charge in [-0.25, -0.2) is 4.98 Å². The van der Waals surface area contributed by atoms with E-state index < -0.39 is 0 Å². The Labute approximate surface area is 127 Å². The Morgan fingerprint density at radius 2 is 1.85 bits per heavy atom. The van der Waals surface area contributed by atoms with E-state index in [1.54, 1.807) is 0 Å². The molecule has 1 aromatic carbocycles. The van der Waals surface area contributed by atoms with Crippen LogP contribution in [0.4, 0.5) is 5.13 Å². The van der Waals surface area contributed by atoms with Crippen LogP contribution in [0.5, 0.6) is 0 Å². The Balaban J connectivity index is 0.000000956. The number of anilines is 1. The molecule has 0 aliphatic rings. The van der Waals surface area contributed by atoms with Gasteiger partial charge in [-0.05, 0) is 5.30 Å². The summed E-state index contributed by atoms with van der Waals surface area (Å²) in [4.78, 5) is 16.0. The second kappa shape index (κ2) is 8.13. The molecule has 3 nitrogen and oxygen atoms in total. The molecule has 20 heavy (non-hydrogen) atoms. The first-order chi connectivity index (χ1) is 9.56. The number of carbonyl (C=O) groups is 1. The molecule has 1 amide bonds. The zero-order valence-corrected chi connectivity index (χ0v) is 14.3. The van der Waals surface area contributed by atoms with Crippen molar-refractivity contribution in [1.82, 2.24) is 4.98 Å². The van der Waals surface area contributed by atoms with Crippen molar-refractivity contribution < 1.29 is 4.79 Å². The van der Waals surface area contributed by atoms with Crippen LogP contribution in [0.25, 0.3) is 11.3 Å². The van der Waals surface area contributed by atoms with Crippen LogP contribution in [0, 0.1) is 5.92 Å². The molecule has 0 bridgehead atoms. The smallest absolute Gasteiger partial charge is 0.228 e. The van der Waals surface area contributed by atoms with E-state index in [1.807, 2.05) is 57.3 Å². The molecule has 5 heteroatoms. The molecule has 1 N–H and O–H groups in total. The van der Waals surface area contributed by atoms with Crippen LogP contribution in [-0.2, 0) is 4.79 Å². The molecular weight excluding hydrogens is 287 g/mol. The minimum Gasteiger partial charge on any atom is -0.302 e. The van der Waals surface area contributed by atoms with E-state index in [9.17, 15) is 4.79 Å². The molecule has 1 aromatic heterocycles. The molecular formula is C15H21N2OPS. The van der Waals surface area contributed by atoms with Crippen LogP contribution in [-0.4, -0.2) is 10.9 Å². The van der Waals surface area contributed by atoms with Crippen LogP contribution >= 0.6 is 20.6 Å². The molecule has 108 valence electrons. The van der Waals surface area contributed by atoms with Crippen LogP contribution in [0.15, 0.2) is 29.6 Å². The minimum atomic E-state index is -0.0336. The van der Waals surface area contributed by atoms with Gasteiger partial charge in [0.1, 0.15) is 0 Å². The maximum absolute atomic E-state index is 11.6. The zero-order chi connectivity index (χ0) is 15.1. The highest BCUT2D eigenvalue weighted by Crippen LogP contribution is 2.24. The molecule has 0 aliphatic carbocycles. The summed E-state index contributed by atoms with van der Waals surface area (Å²) in [5, 5.41) is 6.55. The average Bonchev–Trinajstić information content (AvgIpc) is 2.90. The topological polar surface area (TPSA) is 42.0 Å². The van der Waals surface area contributed by atoms with Gasteiger partial charge in [0, 0.05) is 16.9 Å². The van der Waals surface area contributed by atoms with Gasteiger partial charge in [-0.1, -0.05) is 52.0 Å². The highest BCUT2D eigenvalue weighted by molar-refractivity contribution is 7.27. The molecule has 0 radical (unpaired) electrons. The van der Waals surface area contributed by atoms with E-state index in [0.717, 1.165) is 16.6 Å². The lowest BCUT2D eigenvalue weighted by Crippen LogP contribution is -2.17. The van der Waals surface area contributed by atoms with Gasteiger partial charge in [0.05, 0.1) is 5.69 Å². The Bertz CT molecular complexity index is 549. The second-order valence-electron chi connectivity index (χ2n) is 4.30. The third-order valence-electron chi connectivity index (χ3n) is 2.47. The number of hydrogen-bond donors (Lipinski definition) is 1. The number of nitrogens with zero attached hydrogens (tertiary/aromatic N) is 1. The number of benzene rings is 1. The predicted molar refractivity (Wildman–Crippen MR) is 91.7 cm³/mol. The van der Waals surface area contributed by atoms with Crippen LogP contribution in [0.3, 0.4) is 0 Å². The van der Waals surface area contributed by atoms with E-state index in [0.29, 0.717) is 5.13 Å². The van der Waals surface area contributed by atoms with E-state index in [-0.39, 0.29) is 11.8 Å². The van der Waals surface area contributed by atoms with Crippen LogP contribution in [0.2, 0.25) is 0 Å². The highest BCUT2D eigenvalue weighted by Gasteiger charge is 2.10. The molecule has 1 unspecified atom stereocenters. The summed E-state index contributed by atoms with van der Waals surface area (Å²) in [7, 11) is 2.65. The summed E-state index contributed by atoms with van der Waals surface area (Å²) >= 11 is 1.45. The summed E-state index contributed by atoms with van der Waals surface area (Å²) in [6.45, 7) is 7.73. The molecule has 2 rings (SSSR count). The standard InChI is InChI=1S/C13H15N2OPS.C2H6/c1-8(2)12(16)15-13-14-11(7-18-13)9-3-5-10(17)6-4-9;1-2/h3-8H,17H2,1-2H3,(H,14,15,16);1-2H3. The van der Waals surface area contributed by atoms with Crippen molar-refractivity contribution in [3.05, 3.63) is 29.6 Å². The lowest BCUT2D eigenvalue weighted by atomic mass is 10.2. The van der Waals surface area contributed by atoms with Crippen molar-refractivity contribution in [2.24, 2.45) is 5.92 Å². The lowest BCUT2D eigenvalue weighted by molar-refractivity contribution is -0.118. The Kier molecular flexibility index (Phi) is 6.83. The van der Waals surface area contributed by atoms with Crippen LogP contribution < -0.4 is 10.6 Å². The Morgan fingerprint density at radius 3 is 2.40 bits per heavy atom. The maximum atomic E-state index is 11.6. The van der Waals surface area contributed by atoms with Gasteiger partial charge < -0.3 is 5.32 Å². The third kappa shape index (κ3) is 4.69. The van der Waals surface area contributed by atoms with E-state index in [1.165, 1.54) is 11.3 Å². The molecule has 0 saturated heterocycles. The number of nitrogens with one attached hydrogen (secondary N) is 1. The summed E-state index contributed by atoms with van der Waals surface area (Å²) in [5.41, 5.74) is 1.95. The molecule has 0 aliphatic heterocycles. The summed E-state index contributed by atoms with van der Waals surface area (Å²) in [6, 6.07) is 8.08.